The van der Waals surface area contributed by atoms with E-state index >= 15 is 0 Å². The summed E-state index contributed by atoms with van der Waals surface area (Å²) < 4.78 is 4.97. The summed E-state index contributed by atoms with van der Waals surface area (Å²) in [5.74, 6) is -0.0475. The van der Waals surface area contributed by atoms with Gasteiger partial charge in [-0.1, -0.05) is 13.8 Å². The number of rotatable bonds is 8. The molecule has 0 bridgehead atoms. The van der Waals surface area contributed by atoms with Gasteiger partial charge in [-0.3, -0.25) is 4.79 Å². The number of nitrogens with one attached hydrogen (secondary N) is 1. The lowest BCUT2D eigenvalue weighted by Crippen LogP contribution is -2.25. The topological polar surface area (TPSA) is 51.2 Å². The van der Waals surface area contributed by atoms with Crippen LogP contribution in [0, 0.1) is 0 Å². The van der Waals surface area contributed by atoms with Gasteiger partial charge < -0.3 is 10.1 Å². The van der Waals surface area contributed by atoms with E-state index in [0.717, 1.165) is 24.5 Å². The molecule has 106 valence electrons. The minimum absolute atomic E-state index is 0.0475. The smallest absolute Gasteiger partial charge is 0.254 e. The average molecular weight is 282 g/mol. The summed E-state index contributed by atoms with van der Waals surface area (Å²) >= 11 is 1.61. The Kier molecular flexibility index (Phi) is 7.52. The third-order valence-electron chi connectivity index (χ3n) is 2.42. The van der Waals surface area contributed by atoms with E-state index in [1.165, 1.54) is 0 Å². The van der Waals surface area contributed by atoms with E-state index in [1.54, 1.807) is 31.1 Å². The van der Waals surface area contributed by atoms with Gasteiger partial charge in [-0.05, 0) is 25.0 Å². The first-order chi connectivity index (χ1) is 9.15. The van der Waals surface area contributed by atoms with Crippen LogP contribution >= 0.6 is 11.8 Å². The molecular weight excluding hydrogens is 260 g/mol. The number of hydrogen-bond donors (Lipinski definition) is 1. The van der Waals surface area contributed by atoms with Gasteiger partial charge in [0.1, 0.15) is 5.03 Å². The predicted molar refractivity (Wildman–Crippen MR) is 78.7 cm³/mol. The van der Waals surface area contributed by atoms with Crippen molar-refractivity contribution in [2.75, 3.05) is 20.3 Å². The highest BCUT2D eigenvalue weighted by Crippen LogP contribution is 2.23. The molecule has 0 aromatic carbocycles. The second kappa shape index (κ2) is 8.93. The molecule has 1 N–H and O–H groups in total. The number of carbonyl (C=O) groups excluding carboxylic acids is 1. The quantitative estimate of drug-likeness (QED) is 0.588. The Balaban J connectivity index is 2.51. The lowest BCUT2D eigenvalue weighted by molar-refractivity contribution is 0.0947. The third-order valence-corrected chi connectivity index (χ3v) is 3.44. The van der Waals surface area contributed by atoms with Gasteiger partial charge in [0.25, 0.3) is 5.91 Å². The highest BCUT2D eigenvalue weighted by Gasteiger charge is 2.13. The molecule has 0 saturated heterocycles. The van der Waals surface area contributed by atoms with Gasteiger partial charge in [-0.2, -0.15) is 0 Å². The summed E-state index contributed by atoms with van der Waals surface area (Å²) in [5, 5.41) is 4.13. The minimum atomic E-state index is -0.0475. The van der Waals surface area contributed by atoms with Crippen LogP contribution in [0.2, 0.25) is 0 Å². The van der Waals surface area contributed by atoms with Crippen molar-refractivity contribution in [1.29, 1.82) is 0 Å². The van der Waals surface area contributed by atoms with E-state index in [1.807, 2.05) is 6.07 Å². The molecule has 1 aromatic rings. The third kappa shape index (κ3) is 6.07. The number of carbonyl (C=O) groups is 1. The van der Waals surface area contributed by atoms with Gasteiger partial charge in [0, 0.05) is 31.7 Å². The van der Waals surface area contributed by atoms with Crippen LogP contribution in [-0.4, -0.2) is 36.4 Å². The SMILES string of the molecule is COCCCCNC(=O)c1cccnc1SC(C)C. The molecule has 0 aliphatic carbocycles. The second-order valence-corrected chi connectivity index (χ2v) is 6.04. The predicted octanol–water partition coefficient (Wildman–Crippen LogP) is 2.74. The highest BCUT2D eigenvalue weighted by molar-refractivity contribution is 7.99. The summed E-state index contributed by atoms with van der Waals surface area (Å²) in [7, 11) is 1.68. The first-order valence-electron chi connectivity index (χ1n) is 6.54. The van der Waals surface area contributed by atoms with E-state index in [2.05, 4.69) is 24.1 Å². The summed E-state index contributed by atoms with van der Waals surface area (Å²) in [6.45, 7) is 5.58. The zero-order chi connectivity index (χ0) is 14.1. The van der Waals surface area contributed by atoms with Crippen LogP contribution in [0.3, 0.4) is 0 Å². The summed E-state index contributed by atoms with van der Waals surface area (Å²) in [6.07, 6.45) is 3.60. The number of aromatic nitrogens is 1. The van der Waals surface area contributed by atoms with Gasteiger partial charge in [0.2, 0.25) is 0 Å². The number of thioether (sulfide) groups is 1. The Bertz CT molecular complexity index is 397. The van der Waals surface area contributed by atoms with Gasteiger partial charge in [0.05, 0.1) is 5.56 Å². The number of nitrogens with zero attached hydrogens (tertiary/aromatic N) is 1. The number of amides is 1. The maximum Gasteiger partial charge on any atom is 0.254 e. The van der Waals surface area contributed by atoms with Crippen LogP contribution in [0.4, 0.5) is 0 Å². The average Bonchev–Trinajstić information content (AvgIpc) is 2.38. The lowest BCUT2D eigenvalue weighted by Gasteiger charge is -2.10. The monoisotopic (exact) mass is 282 g/mol. The van der Waals surface area contributed by atoms with E-state index in [0.29, 0.717) is 17.4 Å². The molecule has 0 unspecified atom stereocenters. The molecule has 0 radical (unpaired) electrons. The van der Waals surface area contributed by atoms with Crippen molar-refractivity contribution >= 4 is 17.7 Å². The van der Waals surface area contributed by atoms with Crippen LogP contribution < -0.4 is 5.32 Å². The Morgan fingerprint density at radius 3 is 2.95 bits per heavy atom. The summed E-state index contributed by atoms with van der Waals surface area (Å²) in [4.78, 5) is 16.4. The Hall–Kier alpha value is -1.07. The zero-order valence-corrected chi connectivity index (χ0v) is 12.6. The fourth-order valence-corrected chi connectivity index (χ4v) is 2.41. The van der Waals surface area contributed by atoms with E-state index in [4.69, 9.17) is 4.74 Å². The van der Waals surface area contributed by atoms with Crippen LogP contribution in [0.5, 0.6) is 0 Å². The molecule has 1 rings (SSSR count). The molecule has 4 nitrogen and oxygen atoms in total. The molecule has 5 heteroatoms. The van der Waals surface area contributed by atoms with Crippen molar-refractivity contribution in [3.63, 3.8) is 0 Å². The fourth-order valence-electron chi connectivity index (χ4n) is 1.55. The van der Waals surface area contributed by atoms with Crippen molar-refractivity contribution in [2.45, 2.75) is 37.0 Å². The molecule has 0 aliphatic rings. The first kappa shape index (κ1) is 16.0. The number of hydrogen-bond acceptors (Lipinski definition) is 4. The second-order valence-electron chi connectivity index (χ2n) is 4.48. The van der Waals surface area contributed by atoms with Crippen LogP contribution in [-0.2, 0) is 4.74 Å². The molecule has 0 saturated carbocycles. The molecule has 0 atom stereocenters. The molecule has 1 aromatic heterocycles. The molecule has 0 fully saturated rings. The van der Waals surface area contributed by atoms with Crippen LogP contribution in [0.1, 0.15) is 37.0 Å². The maximum absolute atomic E-state index is 12.1. The van der Waals surface area contributed by atoms with Gasteiger partial charge >= 0.3 is 0 Å². The summed E-state index contributed by atoms with van der Waals surface area (Å²) in [5.41, 5.74) is 0.660. The van der Waals surface area contributed by atoms with E-state index < -0.39 is 0 Å². The van der Waals surface area contributed by atoms with Crippen molar-refractivity contribution < 1.29 is 9.53 Å². The van der Waals surface area contributed by atoms with Crippen LogP contribution in [0.25, 0.3) is 0 Å². The van der Waals surface area contributed by atoms with Gasteiger partial charge in [-0.15, -0.1) is 11.8 Å². The Morgan fingerprint density at radius 2 is 2.26 bits per heavy atom. The Morgan fingerprint density at radius 1 is 1.47 bits per heavy atom. The largest absolute Gasteiger partial charge is 0.385 e. The van der Waals surface area contributed by atoms with E-state index in [9.17, 15) is 4.79 Å². The van der Waals surface area contributed by atoms with Gasteiger partial charge in [-0.25, -0.2) is 4.98 Å². The molecular formula is C14H22N2O2S. The zero-order valence-electron chi connectivity index (χ0n) is 11.8. The van der Waals surface area contributed by atoms with Crippen LogP contribution in [0.15, 0.2) is 23.4 Å². The Labute approximate surface area is 119 Å². The van der Waals surface area contributed by atoms with Gasteiger partial charge in [0.15, 0.2) is 0 Å². The fraction of sp³-hybridized carbons (Fsp3) is 0.571. The number of ether oxygens (including phenoxy) is 1. The van der Waals surface area contributed by atoms with E-state index in [-0.39, 0.29) is 5.91 Å². The highest BCUT2D eigenvalue weighted by atomic mass is 32.2. The molecule has 19 heavy (non-hydrogen) atoms. The standard InChI is InChI=1S/C14H22N2O2S/c1-11(2)19-14-12(7-6-9-16-14)13(17)15-8-4-5-10-18-3/h6-7,9,11H,4-5,8,10H2,1-3H3,(H,15,17). The van der Waals surface area contributed by atoms with Crippen molar-refractivity contribution in [2.24, 2.45) is 0 Å². The normalized spacial score (nSPS) is 10.7. The van der Waals surface area contributed by atoms with Crippen molar-refractivity contribution in [1.82, 2.24) is 10.3 Å². The lowest BCUT2D eigenvalue weighted by atomic mass is 10.2. The summed E-state index contributed by atoms with van der Waals surface area (Å²) in [6, 6.07) is 3.62. The molecule has 0 spiro atoms. The molecule has 1 heterocycles. The number of pyridine rings is 1. The number of unbranched alkanes of at least 4 members (excludes halogenated alkanes) is 1. The number of methoxy groups -OCH3 is 1. The molecule has 1 amide bonds. The van der Waals surface area contributed by atoms with Crippen molar-refractivity contribution in [3.05, 3.63) is 23.9 Å². The maximum atomic E-state index is 12.1. The van der Waals surface area contributed by atoms with Crippen molar-refractivity contribution in [3.8, 4) is 0 Å². The molecule has 0 aliphatic heterocycles. The minimum Gasteiger partial charge on any atom is -0.385 e. The first-order valence-corrected chi connectivity index (χ1v) is 7.42.